The summed E-state index contributed by atoms with van der Waals surface area (Å²) in [5.74, 6) is 0.201. The molecule has 0 aliphatic rings. The zero-order chi connectivity index (χ0) is 26.9. The van der Waals surface area contributed by atoms with Gasteiger partial charge in [0.25, 0.3) is 0 Å². The normalized spacial score (nSPS) is 14.3. The van der Waals surface area contributed by atoms with Crippen LogP contribution in [0.25, 0.3) is 0 Å². The van der Waals surface area contributed by atoms with Crippen LogP contribution >= 0.6 is 7.82 Å². The second-order valence-corrected chi connectivity index (χ2v) is 12.5. The van der Waals surface area contributed by atoms with Gasteiger partial charge in [0.1, 0.15) is 18.9 Å². The van der Waals surface area contributed by atoms with Crippen LogP contribution in [0.4, 0.5) is 0 Å². The Bertz CT molecular complexity index is 544. The predicted molar refractivity (Wildman–Crippen MR) is 152 cm³/mol. The molecule has 0 amide bonds. The standard InChI is InChI=1S/C29H60NO5P/c1-5-7-8-9-10-11-12-13-14-15-16-17-18-19-20-21-23-28(26-29(31)22-6-2)27-35-36(32,33)34-25-24-30(3)4/h28H,5-27H2,1-4H3,(H,32,33)/p+1. The summed E-state index contributed by atoms with van der Waals surface area (Å²) < 4.78 is 22.5. The lowest BCUT2D eigenvalue weighted by Crippen LogP contribution is -3.06. The van der Waals surface area contributed by atoms with E-state index in [1.807, 2.05) is 21.0 Å². The zero-order valence-electron chi connectivity index (χ0n) is 24.4. The minimum atomic E-state index is -4.06. The highest BCUT2D eigenvalue weighted by Gasteiger charge is 2.24. The number of nitrogens with one attached hydrogen (secondary N) is 1. The summed E-state index contributed by atoms with van der Waals surface area (Å²) in [6.45, 7) is 5.19. The van der Waals surface area contributed by atoms with Crippen molar-refractivity contribution in [3.63, 3.8) is 0 Å². The Balaban J connectivity index is 3.90. The fourth-order valence-corrected chi connectivity index (χ4v) is 5.33. The number of ketones is 1. The first kappa shape index (κ1) is 35.7. The van der Waals surface area contributed by atoms with Crippen LogP contribution in [0.5, 0.6) is 0 Å². The van der Waals surface area contributed by atoms with E-state index < -0.39 is 7.82 Å². The van der Waals surface area contributed by atoms with E-state index >= 15 is 0 Å². The van der Waals surface area contributed by atoms with E-state index in [1.165, 1.54) is 89.9 Å². The molecule has 0 fully saturated rings. The van der Waals surface area contributed by atoms with Crippen LogP contribution in [0.15, 0.2) is 0 Å². The van der Waals surface area contributed by atoms with Gasteiger partial charge in [0.2, 0.25) is 0 Å². The fraction of sp³-hybridized carbons (Fsp3) is 0.966. The second-order valence-electron chi connectivity index (χ2n) is 11.0. The largest absolute Gasteiger partial charge is 0.472 e. The van der Waals surface area contributed by atoms with E-state index in [1.54, 1.807) is 0 Å². The molecular formula is C29H61NO5P+. The van der Waals surface area contributed by atoms with E-state index in [9.17, 15) is 14.3 Å². The van der Waals surface area contributed by atoms with Crippen molar-refractivity contribution in [1.29, 1.82) is 0 Å². The molecule has 0 aromatic rings. The van der Waals surface area contributed by atoms with E-state index in [-0.39, 0.29) is 24.9 Å². The Morgan fingerprint density at radius 1 is 0.750 bits per heavy atom. The summed E-state index contributed by atoms with van der Waals surface area (Å²) in [5.41, 5.74) is 0. The quantitative estimate of drug-likeness (QED) is 0.0814. The first-order valence-electron chi connectivity index (χ1n) is 15.2. The minimum Gasteiger partial charge on any atom is -0.338 e. The third-order valence-corrected chi connectivity index (χ3v) is 7.83. The van der Waals surface area contributed by atoms with Gasteiger partial charge in [-0.25, -0.2) is 4.57 Å². The van der Waals surface area contributed by atoms with Gasteiger partial charge in [-0.1, -0.05) is 117 Å². The number of hydrogen-bond acceptors (Lipinski definition) is 4. The smallest absolute Gasteiger partial charge is 0.338 e. The van der Waals surface area contributed by atoms with Crippen LogP contribution < -0.4 is 4.90 Å². The maximum atomic E-state index is 12.2. The number of rotatable bonds is 28. The molecule has 0 aromatic heterocycles. The van der Waals surface area contributed by atoms with Crippen molar-refractivity contribution in [2.45, 2.75) is 142 Å². The lowest BCUT2D eigenvalue weighted by atomic mass is 9.94. The molecule has 0 rings (SSSR count). The number of hydrogen-bond donors (Lipinski definition) is 2. The third-order valence-electron chi connectivity index (χ3n) is 6.84. The molecular weight excluding hydrogens is 473 g/mol. The molecule has 0 bridgehead atoms. The van der Waals surface area contributed by atoms with E-state index in [2.05, 4.69) is 6.92 Å². The molecule has 0 spiro atoms. The molecule has 0 saturated carbocycles. The molecule has 0 aromatic carbocycles. The highest BCUT2D eigenvalue weighted by molar-refractivity contribution is 7.47. The number of carbonyl (C=O) groups excluding carboxylic acids is 1. The lowest BCUT2D eigenvalue weighted by Gasteiger charge is -2.19. The van der Waals surface area contributed by atoms with Crippen LogP contribution in [0.3, 0.4) is 0 Å². The molecule has 36 heavy (non-hydrogen) atoms. The number of likely N-dealkylation sites (N-methyl/N-ethyl adjacent to an activating group) is 1. The van der Waals surface area contributed by atoms with Crippen LogP contribution in [-0.2, 0) is 18.4 Å². The summed E-state index contributed by atoms with van der Waals surface area (Å²) >= 11 is 0. The summed E-state index contributed by atoms with van der Waals surface area (Å²) in [6.07, 6.45) is 24.0. The first-order chi connectivity index (χ1) is 17.3. The van der Waals surface area contributed by atoms with Gasteiger partial charge in [0, 0.05) is 12.8 Å². The van der Waals surface area contributed by atoms with Crippen molar-refractivity contribution < 1.29 is 28.2 Å². The summed E-state index contributed by atoms with van der Waals surface area (Å²) in [6, 6.07) is 0. The molecule has 0 saturated heterocycles. The molecule has 7 heteroatoms. The average molecular weight is 535 g/mol. The van der Waals surface area contributed by atoms with Crippen molar-refractivity contribution in [3.05, 3.63) is 0 Å². The van der Waals surface area contributed by atoms with Crippen molar-refractivity contribution in [2.75, 3.05) is 33.9 Å². The monoisotopic (exact) mass is 534 g/mol. The maximum Gasteiger partial charge on any atom is 0.472 e. The van der Waals surface area contributed by atoms with Gasteiger partial charge in [0.05, 0.1) is 20.7 Å². The van der Waals surface area contributed by atoms with Crippen LogP contribution in [0.2, 0.25) is 0 Å². The van der Waals surface area contributed by atoms with Gasteiger partial charge in [-0.3, -0.25) is 13.8 Å². The lowest BCUT2D eigenvalue weighted by molar-refractivity contribution is -0.858. The first-order valence-corrected chi connectivity index (χ1v) is 16.7. The summed E-state index contributed by atoms with van der Waals surface area (Å²) in [4.78, 5) is 23.3. The van der Waals surface area contributed by atoms with Crippen LogP contribution in [0, 0.1) is 5.92 Å². The van der Waals surface area contributed by atoms with Gasteiger partial charge < -0.3 is 9.79 Å². The Hall–Kier alpha value is -0.260. The molecule has 2 unspecified atom stereocenters. The van der Waals surface area contributed by atoms with Crippen LogP contribution in [0.1, 0.15) is 142 Å². The number of phosphoric acid groups is 1. The zero-order valence-corrected chi connectivity index (χ0v) is 25.3. The SMILES string of the molecule is CCCCCCCCCCCCCCCCCCC(COP(=O)(O)OCC[NH+](C)C)CC(=O)CCC. The Morgan fingerprint density at radius 2 is 1.22 bits per heavy atom. The van der Waals surface area contributed by atoms with E-state index in [0.29, 0.717) is 19.4 Å². The minimum absolute atomic E-state index is 0.0146. The molecule has 0 aliphatic heterocycles. The average Bonchev–Trinajstić information content (AvgIpc) is 2.82. The Kier molecular flexibility index (Phi) is 24.9. The van der Waals surface area contributed by atoms with Gasteiger partial charge in [-0.05, 0) is 18.8 Å². The molecule has 2 N–H and O–H groups in total. The van der Waals surface area contributed by atoms with Gasteiger partial charge in [0.15, 0.2) is 0 Å². The topological polar surface area (TPSA) is 77.3 Å². The number of unbranched alkanes of at least 4 members (excludes halogenated alkanes) is 15. The number of Topliss-reactive ketones (excluding diaryl/α,β-unsaturated/α-hetero) is 1. The Morgan fingerprint density at radius 3 is 1.67 bits per heavy atom. The molecule has 216 valence electrons. The highest BCUT2D eigenvalue weighted by atomic mass is 31.2. The molecule has 0 radical (unpaired) electrons. The number of carbonyl (C=O) groups is 1. The molecule has 6 nitrogen and oxygen atoms in total. The number of quaternary nitrogens is 1. The van der Waals surface area contributed by atoms with E-state index in [0.717, 1.165) is 30.6 Å². The maximum absolute atomic E-state index is 12.2. The summed E-state index contributed by atoms with van der Waals surface area (Å²) in [7, 11) is -0.146. The van der Waals surface area contributed by atoms with E-state index in [4.69, 9.17) is 9.05 Å². The van der Waals surface area contributed by atoms with Crippen LogP contribution in [-0.4, -0.2) is 44.5 Å². The third kappa shape index (κ3) is 25.4. The van der Waals surface area contributed by atoms with Crippen molar-refractivity contribution in [2.24, 2.45) is 5.92 Å². The Labute approximate surface area is 223 Å². The molecule has 2 atom stereocenters. The fourth-order valence-electron chi connectivity index (χ4n) is 4.53. The summed E-state index contributed by atoms with van der Waals surface area (Å²) in [5, 5.41) is 0. The van der Waals surface area contributed by atoms with Gasteiger partial charge in [-0.2, -0.15) is 0 Å². The van der Waals surface area contributed by atoms with Gasteiger partial charge in [-0.15, -0.1) is 0 Å². The van der Waals surface area contributed by atoms with Crippen molar-refractivity contribution in [3.8, 4) is 0 Å². The number of phosphoric ester groups is 1. The molecule has 0 heterocycles. The predicted octanol–water partition coefficient (Wildman–Crippen LogP) is 7.29. The van der Waals surface area contributed by atoms with Gasteiger partial charge >= 0.3 is 7.82 Å². The van der Waals surface area contributed by atoms with Crippen molar-refractivity contribution in [1.82, 2.24) is 0 Å². The second kappa shape index (κ2) is 25.0. The highest BCUT2D eigenvalue weighted by Crippen LogP contribution is 2.43. The molecule has 0 aliphatic carbocycles. The van der Waals surface area contributed by atoms with Crippen molar-refractivity contribution >= 4 is 13.6 Å².